The van der Waals surface area contributed by atoms with Gasteiger partial charge in [0.05, 0.1) is 12.2 Å². The first-order chi connectivity index (χ1) is 17.4. The van der Waals surface area contributed by atoms with E-state index in [-0.39, 0.29) is 18.0 Å². The average Bonchev–Trinajstić information content (AvgIpc) is 3.14. The summed E-state index contributed by atoms with van der Waals surface area (Å²) in [5.74, 6) is 0.262. The molecule has 1 aliphatic rings. The number of nitrogens with one attached hydrogen (secondary N) is 1. The molecule has 36 heavy (non-hydrogen) atoms. The number of rotatable bonds is 6. The maximum atomic E-state index is 13.2. The second-order valence-electron chi connectivity index (χ2n) is 9.26. The van der Waals surface area contributed by atoms with E-state index in [1.807, 2.05) is 12.1 Å². The van der Waals surface area contributed by atoms with Gasteiger partial charge in [-0.3, -0.25) is 9.59 Å². The van der Waals surface area contributed by atoms with Crippen molar-refractivity contribution < 1.29 is 4.79 Å². The second kappa shape index (κ2) is 9.43. The highest BCUT2D eigenvalue weighted by Gasteiger charge is 2.19. The van der Waals surface area contributed by atoms with Gasteiger partial charge in [0.15, 0.2) is 5.65 Å². The topological polar surface area (TPSA) is 88.3 Å². The fourth-order valence-corrected chi connectivity index (χ4v) is 4.57. The molecule has 0 bridgehead atoms. The van der Waals surface area contributed by atoms with Crippen LogP contribution < -0.4 is 10.9 Å². The summed E-state index contributed by atoms with van der Waals surface area (Å²) in [5.41, 5.74) is 4.93. The smallest absolute Gasteiger partial charge is 0.278 e. The van der Waals surface area contributed by atoms with Crippen LogP contribution in [0.5, 0.6) is 0 Å². The third kappa shape index (κ3) is 4.29. The van der Waals surface area contributed by atoms with Crippen LogP contribution in [0.2, 0.25) is 0 Å². The number of anilines is 2. The van der Waals surface area contributed by atoms with Crippen LogP contribution >= 0.6 is 0 Å². The molecule has 184 valence electrons. The molecule has 2 aromatic carbocycles. The van der Waals surface area contributed by atoms with E-state index < -0.39 is 0 Å². The lowest BCUT2D eigenvalue weighted by molar-refractivity contribution is 0.0827. The second-order valence-corrected chi connectivity index (χ2v) is 9.26. The summed E-state index contributed by atoms with van der Waals surface area (Å²) in [5, 5.41) is 3.69. The van der Waals surface area contributed by atoms with Gasteiger partial charge in [0.2, 0.25) is 5.95 Å². The van der Waals surface area contributed by atoms with E-state index in [4.69, 9.17) is 4.98 Å². The maximum absolute atomic E-state index is 13.2. The summed E-state index contributed by atoms with van der Waals surface area (Å²) in [6.45, 7) is 6.03. The van der Waals surface area contributed by atoms with Crippen LogP contribution in [0.1, 0.15) is 21.5 Å². The molecular formula is C27H29N7O2. The van der Waals surface area contributed by atoms with Crippen LogP contribution in [0.3, 0.4) is 0 Å². The average molecular weight is 484 g/mol. The molecule has 1 N–H and O–H groups in total. The van der Waals surface area contributed by atoms with E-state index >= 15 is 0 Å². The Morgan fingerprint density at radius 1 is 1.19 bits per heavy atom. The Morgan fingerprint density at radius 2 is 2.03 bits per heavy atom. The first-order valence-corrected chi connectivity index (χ1v) is 11.8. The largest absolute Gasteiger partial charge is 0.345 e. The minimum absolute atomic E-state index is 0.124. The van der Waals surface area contributed by atoms with Gasteiger partial charge < -0.3 is 15.1 Å². The highest BCUT2D eigenvalue weighted by Crippen LogP contribution is 2.24. The van der Waals surface area contributed by atoms with Crippen molar-refractivity contribution in [1.82, 2.24) is 29.1 Å². The summed E-state index contributed by atoms with van der Waals surface area (Å²) < 4.78 is 3.27. The van der Waals surface area contributed by atoms with Crippen molar-refractivity contribution in [3.63, 3.8) is 0 Å². The van der Waals surface area contributed by atoms with Crippen LogP contribution in [-0.2, 0) is 19.5 Å². The van der Waals surface area contributed by atoms with E-state index in [0.29, 0.717) is 28.2 Å². The number of hydrogen-bond acceptors (Lipinski definition) is 6. The number of likely N-dealkylation sites (N-methyl/N-ethyl adjacent to an activating group) is 1. The monoisotopic (exact) mass is 483 g/mol. The number of aromatic nitrogens is 4. The molecule has 1 amide bonds. The van der Waals surface area contributed by atoms with Crippen molar-refractivity contribution in [2.45, 2.75) is 19.5 Å². The predicted molar refractivity (Wildman–Crippen MR) is 141 cm³/mol. The number of fused-ring (bicyclic) bond motifs is 2. The molecule has 0 unspecified atom stereocenters. The Hall–Kier alpha value is -4.24. The third-order valence-electron chi connectivity index (χ3n) is 6.39. The Morgan fingerprint density at radius 3 is 2.81 bits per heavy atom. The molecular weight excluding hydrogens is 454 g/mol. The Labute approximate surface area is 209 Å². The quantitative estimate of drug-likeness (QED) is 0.424. The van der Waals surface area contributed by atoms with Gasteiger partial charge >= 0.3 is 0 Å². The zero-order valence-corrected chi connectivity index (χ0v) is 20.7. The molecule has 0 fully saturated rings. The molecule has 0 saturated carbocycles. The molecule has 2 aromatic heterocycles. The highest BCUT2D eigenvalue weighted by molar-refractivity contribution is 5.94. The Bertz CT molecular complexity index is 1530. The zero-order chi connectivity index (χ0) is 25.4. The van der Waals surface area contributed by atoms with Gasteiger partial charge in [-0.15, -0.1) is 6.58 Å². The van der Waals surface area contributed by atoms with Gasteiger partial charge in [-0.2, -0.15) is 4.98 Å². The van der Waals surface area contributed by atoms with Gasteiger partial charge in [-0.25, -0.2) is 14.3 Å². The minimum Gasteiger partial charge on any atom is -0.345 e. The summed E-state index contributed by atoms with van der Waals surface area (Å²) in [7, 11) is 5.53. The number of carbonyl (C=O) groups is 1. The van der Waals surface area contributed by atoms with Crippen LogP contribution in [0, 0.1) is 0 Å². The number of nitrogens with zero attached hydrogens (tertiary/aromatic N) is 6. The first kappa shape index (κ1) is 23.5. The fourth-order valence-electron chi connectivity index (χ4n) is 4.57. The van der Waals surface area contributed by atoms with E-state index in [0.717, 1.165) is 25.2 Å². The fraction of sp³-hybridized carbons (Fsp3) is 0.259. The van der Waals surface area contributed by atoms with Crippen molar-refractivity contribution in [2.75, 3.05) is 33.0 Å². The van der Waals surface area contributed by atoms with Crippen LogP contribution in [0.4, 0.5) is 11.6 Å². The predicted octanol–water partition coefficient (Wildman–Crippen LogP) is 3.20. The number of amides is 1. The number of benzene rings is 2. The normalized spacial score (nSPS) is 13.4. The summed E-state index contributed by atoms with van der Waals surface area (Å²) in [6.07, 6.45) is 4.24. The molecule has 3 heterocycles. The lowest BCUT2D eigenvalue weighted by Crippen LogP contribution is -2.26. The highest BCUT2D eigenvalue weighted by atomic mass is 16.2. The molecule has 0 aliphatic carbocycles. The third-order valence-corrected chi connectivity index (χ3v) is 6.39. The van der Waals surface area contributed by atoms with Crippen LogP contribution in [-0.4, -0.2) is 62.7 Å². The minimum atomic E-state index is -0.224. The van der Waals surface area contributed by atoms with Gasteiger partial charge in [0.25, 0.3) is 11.5 Å². The Kier molecular flexibility index (Phi) is 6.15. The van der Waals surface area contributed by atoms with Crippen molar-refractivity contribution in [3.8, 4) is 5.69 Å². The molecule has 5 rings (SSSR count). The van der Waals surface area contributed by atoms with Gasteiger partial charge in [-0.05, 0) is 54.9 Å². The van der Waals surface area contributed by atoms with E-state index in [2.05, 4.69) is 41.0 Å². The maximum Gasteiger partial charge on any atom is 0.278 e. The molecule has 0 spiro atoms. The standard InChI is InChI=1S/C27H29N7O2/c1-5-12-33-26(36)23-16-28-27(29-21-10-9-18-11-13-32(4)17-20(18)14-21)30-24(23)34(33)22-8-6-7-19(15-22)25(35)31(2)3/h5-10,14-16H,1,11-13,17H2,2-4H3,(H,28,29,30). The number of hydrogen-bond donors (Lipinski definition) is 1. The van der Waals surface area contributed by atoms with Crippen molar-refractivity contribution in [3.05, 3.63) is 88.4 Å². The van der Waals surface area contributed by atoms with Crippen molar-refractivity contribution in [2.24, 2.45) is 0 Å². The lowest BCUT2D eigenvalue weighted by Gasteiger charge is -2.25. The van der Waals surface area contributed by atoms with Crippen molar-refractivity contribution in [1.29, 1.82) is 0 Å². The van der Waals surface area contributed by atoms with Gasteiger partial charge in [0.1, 0.15) is 5.39 Å². The Balaban J connectivity index is 1.59. The van der Waals surface area contributed by atoms with E-state index in [1.54, 1.807) is 53.9 Å². The van der Waals surface area contributed by atoms with Gasteiger partial charge in [-0.1, -0.05) is 18.2 Å². The molecule has 9 nitrogen and oxygen atoms in total. The van der Waals surface area contributed by atoms with Gasteiger partial charge in [0, 0.05) is 44.6 Å². The van der Waals surface area contributed by atoms with Crippen LogP contribution in [0.15, 0.2) is 66.1 Å². The summed E-state index contributed by atoms with van der Waals surface area (Å²) >= 11 is 0. The molecule has 4 aromatic rings. The van der Waals surface area contributed by atoms with Crippen molar-refractivity contribution >= 4 is 28.6 Å². The summed E-state index contributed by atoms with van der Waals surface area (Å²) in [6, 6.07) is 13.5. The lowest BCUT2D eigenvalue weighted by atomic mass is 9.99. The van der Waals surface area contributed by atoms with E-state index in [9.17, 15) is 9.59 Å². The molecule has 0 atom stereocenters. The first-order valence-electron chi connectivity index (χ1n) is 11.8. The summed E-state index contributed by atoms with van der Waals surface area (Å²) in [4.78, 5) is 38.8. The molecule has 0 radical (unpaired) electrons. The molecule has 0 saturated heterocycles. The molecule has 1 aliphatic heterocycles. The molecule has 9 heteroatoms. The SMILES string of the molecule is C=CCn1c(=O)c2cnc(Nc3ccc4c(c3)CN(C)CC4)nc2n1-c1cccc(C(=O)N(C)C)c1. The van der Waals surface area contributed by atoms with Crippen LogP contribution in [0.25, 0.3) is 16.7 Å². The number of allylic oxidation sites excluding steroid dienone is 1. The van der Waals surface area contributed by atoms with E-state index in [1.165, 1.54) is 16.0 Å². The zero-order valence-electron chi connectivity index (χ0n) is 20.7. The number of carbonyl (C=O) groups excluding carboxylic acids is 1.